The molecule has 0 saturated carbocycles. The maximum absolute atomic E-state index is 12.1. The highest BCUT2D eigenvalue weighted by atomic mass is 32.1. The van der Waals surface area contributed by atoms with Crippen LogP contribution in [0.25, 0.3) is 0 Å². The second kappa shape index (κ2) is 7.96. The van der Waals surface area contributed by atoms with Crippen LogP contribution in [0.2, 0.25) is 0 Å². The molecule has 5 heteroatoms. The largest absolute Gasteiger partial charge is 0.481 e. The lowest BCUT2D eigenvalue weighted by atomic mass is 10.2. The van der Waals surface area contributed by atoms with Crippen molar-refractivity contribution >= 4 is 17.2 Å². The van der Waals surface area contributed by atoms with Gasteiger partial charge >= 0.3 is 0 Å². The quantitative estimate of drug-likeness (QED) is 0.851. The van der Waals surface area contributed by atoms with Crippen LogP contribution in [0.4, 0.5) is 0 Å². The standard InChI is InChI=1S/C17H21NO3S/c1-12-9-10-16(22-12)15(20-3)11-18-17(19)13(2)21-14-7-5-4-6-8-14/h4-10,13,15H,11H2,1-3H3,(H,18,19)/t13-,15+/m0/s1. The molecule has 1 amide bonds. The van der Waals surface area contributed by atoms with E-state index in [0.29, 0.717) is 12.3 Å². The fourth-order valence-electron chi connectivity index (χ4n) is 2.02. The van der Waals surface area contributed by atoms with Gasteiger partial charge < -0.3 is 14.8 Å². The smallest absolute Gasteiger partial charge is 0.260 e. The van der Waals surface area contributed by atoms with Crippen molar-refractivity contribution in [1.82, 2.24) is 5.32 Å². The Balaban J connectivity index is 1.85. The SMILES string of the molecule is CO[C@H](CNC(=O)[C@H](C)Oc1ccccc1)c1ccc(C)s1. The van der Waals surface area contributed by atoms with E-state index in [1.807, 2.05) is 36.4 Å². The van der Waals surface area contributed by atoms with E-state index in [0.717, 1.165) is 4.88 Å². The molecule has 0 aliphatic carbocycles. The van der Waals surface area contributed by atoms with Gasteiger partial charge in [-0.1, -0.05) is 18.2 Å². The number of rotatable bonds is 7. The predicted octanol–water partition coefficient (Wildman–Crippen LogP) is 3.33. The first-order valence-electron chi connectivity index (χ1n) is 7.18. The third kappa shape index (κ3) is 4.58. The van der Waals surface area contributed by atoms with Gasteiger partial charge in [0.2, 0.25) is 0 Å². The normalized spacial score (nSPS) is 13.4. The van der Waals surface area contributed by atoms with E-state index in [1.165, 1.54) is 4.88 Å². The fourth-order valence-corrected chi connectivity index (χ4v) is 2.98. The highest BCUT2D eigenvalue weighted by molar-refractivity contribution is 7.12. The molecular weight excluding hydrogens is 298 g/mol. The lowest BCUT2D eigenvalue weighted by Gasteiger charge is -2.18. The Kier molecular flexibility index (Phi) is 5.98. The van der Waals surface area contributed by atoms with Gasteiger partial charge in [-0.05, 0) is 38.1 Å². The number of hydrogen-bond acceptors (Lipinski definition) is 4. The number of amides is 1. The Hall–Kier alpha value is -1.85. The van der Waals surface area contributed by atoms with Gasteiger partial charge in [0, 0.05) is 23.4 Å². The molecule has 0 aliphatic rings. The molecule has 1 N–H and O–H groups in total. The summed E-state index contributed by atoms with van der Waals surface area (Å²) in [6.07, 6.45) is -0.684. The van der Waals surface area contributed by atoms with Crippen molar-refractivity contribution in [3.05, 3.63) is 52.2 Å². The van der Waals surface area contributed by atoms with Gasteiger partial charge in [0.25, 0.3) is 5.91 Å². The molecule has 0 aliphatic heterocycles. The average Bonchev–Trinajstić information content (AvgIpc) is 2.95. The number of methoxy groups -OCH3 is 1. The number of nitrogens with one attached hydrogen (secondary N) is 1. The van der Waals surface area contributed by atoms with E-state index in [-0.39, 0.29) is 12.0 Å². The van der Waals surface area contributed by atoms with Crippen LogP contribution in [0, 0.1) is 6.92 Å². The summed E-state index contributed by atoms with van der Waals surface area (Å²) in [5.74, 6) is 0.529. The van der Waals surface area contributed by atoms with E-state index in [9.17, 15) is 4.79 Å². The summed E-state index contributed by atoms with van der Waals surface area (Å²) in [5, 5.41) is 2.88. The average molecular weight is 319 g/mol. The number of para-hydroxylation sites is 1. The molecule has 4 nitrogen and oxygen atoms in total. The second-order valence-electron chi connectivity index (χ2n) is 4.99. The Morgan fingerprint density at radius 1 is 1.23 bits per heavy atom. The maximum atomic E-state index is 12.1. The minimum absolute atomic E-state index is 0.133. The first kappa shape index (κ1) is 16.5. The van der Waals surface area contributed by atoms with E-state index in [1.54, 1.807) is 25.4 Å². The third-order valence-corrected chi connectivity index (χ3v) is 4.34. The third-order valence-electron chi connectivity index (χ3n) is 3.25. The molecule has 0 unspecified atom stereocenters. The molecule has 0 radical (unpaired) electrons. The van der Waals surface area contributed by atoms with Crippen molar-refractivity contribution in [1.29, 1.82) is 0 Å². The number of ether oxygens (including phenoxy) is 2. The van der Waals surface area contributed by atoms with Crippen molar-refractivity contribution in [3.63, 3.8) is 0 Å². The fraction of sp³-hybridized carbons (Fsp3) is 0.353. The summed E-state index contributed by atoms with van der Waals surface area (Å²) in [6, 6.07) is 13.4. The van der Waals surface area contributed by atoms with Crippen LogP contribution >= 0.6 is 11.3 Å². The molecule has 118 valence electrons. The summed E-state index contributed by atoms with van der Waals surface area (Å²) in [4.78, 5) is 14.5. The molecule has 1 aromatic carbocycles. The monoisotopic (exact) mass is 319 g/mol. The molecule has 2 aromatic rings. The van der Waals surface area contributed by atoms with E-state index < -0.39 is 6.10 Å². The van der Waals surface area contributed by atoms with Crippen molar-refractivity contribution in [2.24, 2.45) is 0 Å². The Bertz CT molecular complexity index is 597. The molecular formula is C17H21NO3S. The highest BCUT2D eigenvalue weighted by Crippen LogP contribution is 2.24. The molecule has 22 heavy (non-hydrogen) atoms. The summed E-state index contributed by atoms with van der Waals surface area (Å²) < 4.78 is 11.1. The van der Waals surface area contributed by atoms with Gasteiger partial charge in [0.15, 0.2) is 6.10 Å². The molecule has 0 bridgehead atoms. The van der Waals surface area contributed by atoms with Crippen molar-refractivity contribution in [2.45, 2.75) is 26.1 Å². The summed E-state index contributed by atoms with van der Waals surface area (Å²) in [6.45, 7) is 4.21. The van der Waals surface area contributed by atoms with Gasteiger partial charge in [-0.2, -0.15) is 0 Å². The van der Waals surface area contributed by atoms with Crippen LogP contribution in [0.5, 0.6) is 5.75 Å². The topological polar surface area (TPSA) is 47.6 Å². The number of aryl methyl sites for hydroxylation is 1. The summed E-state index contributed by atoms with van der Waals surface area (Å²) >= 11 is 1.68. The van der Waals surface area contributed by atoms with Gasteiger partial charge in [0.05, 0.1) is 0 Å². The zero-order valence-corrected chi connectivity index (χ0v) is 13.9. The zero-order valence-electron chi connectivity index (χ0n) is 13.0. The molecule has 2 atom stereocenters. The Morgan fingerprint density at radius 2 is 1.95 bits per heavy atom. The Labute approximate surface area is 135 Å². The molecule has 1 aromatic heterocycles. The van der Waals surface area contributed by atoms with Gasteiger partial charge in [-0.3, -0.25) is 4.79 Å². The number of carbonyl (C=O) groups excluding carboxylic acids is 1. The lowest BCUT2D eigenvalue weighted by molar-refractivity contribution is -0.127. The molecule has 0 spiro atoms. The van der Waals surface area contributed by atoms with E-state index >= 15 is 0 Å². The van der Waals surface area contributed by atoms with Crippen LogP contribution in [0.1, 0.15) is 22.8 Å². The number of thiophene rings is 1. The molecule has 0 fully saturated rings. The van der Waals surface area contributed by atoms with Crippen LogP contribution < -0.4 is 10.1 Å². The van der Waals surface area contributed by atoms with Crippen LogP contribution in [-0.2, 0) is 9.53 Å². The first-order chi connectivity index (χ1) is 10.6. The van der Waals surface area contributed by atoms with Crippen LogP contribution in [-0.4, -0.2) is 25.7 Å². The van der Waals surface area contributed by atoms with Gasteiger partial charge in [0.1, 0.15) is 11.9 Å². The Morgan fingerprint density at radius 3 is 2.55 bits per heavy atom. The molecule has 1 heterocycles. The van der Waals surface area contributed by atoms with E-state index in [4.69, 9.17) is 9.47 Å². The summed E-state index contributed by atoms with van der Waals surface area (Å²) in [5.41, 5.74) is 0. The minimum Gasteiger partial charge on any atom is -0.481 e. The number of carbonyl (C=O) groups is 1. The van der Waals surface area contributed by atoms with Gasteiger partial charge in [-0.25, -0.2) is 0 Å². The maximum Gasteiger partial charge on any atom is 0.260 e. The molecule has 0 saturated heterocycles. The van der Waals surface area contributed by atoms with Crippen LogP contribution in [0.3, 0.4) is 0 Å². The second-order valence-corrected chi connectivity index (χ2v) is 6.31. The lowest BCUT2D eigenvalue weighted by Crippen LogP contribution is -2.38. The molecule has 2 rings (SSSR count). The minimum atomic E-state index is -0.551. The van der Waals surface area contributed by atoms with Crippen molar-refractivity contribution < 1.29 is 14.3 Å². The predicted molar refractivity (Wildman–Crippen MR) is 88.3 cm³/mol. The van der Waals surface area contributed by atoms with Crippen molar-refractivity contribution in [2.75, 3.05) is 13.7 Å². The number of hydrogen-bond donors (Lipinski definition) is 1. The van der Waals surface area contributed by atoms with E-state index in [2.05, 4.69) is 18.3 Å². The summed E-state index contributed by atoms with van der Waals surface area (Å²) in [7, 11) is 1.65. The zero-order chi connectivity index (χ0) is 15.9. The first-order valence-corrected chi connectivity index (χ1v) is 8.00. The highest BCUT2D eigenvalue weighted by Gasteiger charge is 2.18. The van der Waals surface area contributed by atoms with Gasteiger partial charge in [-0.15, -0.1) is 11.3 Å². The number of benzene rings is 1. The van der Waals surface area contributed by atoms with Crippen LogP contribution in [0.15, 0.2) is 42.5 Å². The van der Waals surface area contributed by atoms with Crippen molar-refractivity contribution in [3.8, 4) is 5.75 Å².